The number of hydrogen-bond donors (Lipinski definition) is 1. The molecule has 2 saturated carbocycles. The van der Waals surface area contributed by atoms with Gasteiger partial charge in [0.1, 0.15) is 6.10 Å². The lowest BCUT2D eigenvalue weighted by Crippen LogP contribution is -2.49. The molecular weight excluding hydrogens is 196 g/mol. The number of aliphatic hydroxyl groups excluding tert-OH is 1. The van der Waals surface area contributed by atoms with Crippen molar-refractivity contribution in [3.05, 3.63) is 12.8 Å². The molecule has 15 heavy (non-hydrogen) atoms. The van der Waals surface area contributed by atoms with E-state index in [1.807, 2.05) is 0 Å². The van der Waals surface area contributed by atoms with Gasteiger partial charge in [-0.1, -0.05) is 6.58 Å². The van der Waals surface area contributed by atoms with Crippen molar-refractivity contribution in [3.8, 4) is 0 Å². The lowest BCUT2D eigenvalue weighted by Gasteiger charge is -2.36. The summed E-state index contributed by atoms with van der Waals surface area (Å²) in [6, 6.07) is 0. The van der Waals surface area contributed by atoms with Gasteiger partial charge < -0.3 is 19.3 Å². The molecule has 0 aromatic heterocycles. The lowest BCUT2D eigenvalue weighted by atomic mass is 9.89. The van der Waals surface area contributed by atoms with Crippen molar-refractivity contribution in [2.75, 3.05) is 14.2 Å². The van der Waals surface area contributed by atoms with E-state index in [9.17, 15) is 5.11 Å². The smallest absolute Gasteiger partial charge is 0.130 e. The maximum atomic E-state index is 9.99. The summed E-state index contributed by atoms with van der Waals surface area (Å²) in [6.07, 6.45) is 1.67. The zero-order valence-electron chi connectivity index (χ0n) is 9.13. The largest absolute Gasteiger partial charge is 0.496 e. The Morgan fingerprint density at radius 1 is 1.13 bits per heavy atom. The molecule has 0 saturated heterocycles. The molecule has 6 unspecified atom stereocenters. The van der Waals surface area contributed by atoms with Crippen molar-refractivity contribution >= 4 is 0 Å². The highest BCUT2D eigenvalue weighted by molar-refractivity contribution is 5.09. The summed E-state index contributed by atoms with van der Waals surface area (Å²) >= 11 is 0. The van der Waals surface area contributed by atoms with Gasteiger partial charge in [0.05, 0.1) is 24.6 Å². The molecular formula is C11H18O4. The molecule has 2 rings (SSSR count). The molecule has 0 amide bonds. The van der Waals surface area contributed by atoms with Crippen LogP contribution in [-0.4, -0.2) is 43.7 Å². The summed E-state index contributed by atoms with van der Waals surface area (Å²) in [7, 11) is 3.30. The first kappa shape index (κ1) is 10.9. The van der Waals surface area contributed by atoms with Gasteiger partial charge in [-0.25, -0.2) is 0 Å². The summed E-state index contributed by atoms with van der Waals surface area (Å²) in [6.45, 7) is 3.55. The number of rotatable bonds is 4. The van der Waals surface area contributed by atoms with E-state index in [1.54, 1.807) is 14.2 Å². The minimum Gasteiger partial charge on any atom is -0.496 e. The van der Waals surface area contributed by atoms with Gasteiger partial charge in [0.15, 0.2) is 0 Å². The van der Waals surface area contributed by atoms with E-state index in [-0.39, 0.29) is 30.1 Å². The number of hydrogen-bond acceptors (Lipinski definition) is 4. The van der Waals surface area contributed by atoms with Crippen molar-refractivity contribution in [1.29, 1.82) is 0 Å². The second kappa shape index (κ2) is 4.12. The van der Waals surface area contributed by atoms with Gasteiger partial charge in [0.2, 0.25) is 0 Å². The molecule has 0 radical (unpaired) electrons. The standard InChI is InChI=1S/C11H18O4/c1-4-15-11-6-5-7(10(11)14-3)9(13-2)8(6)12/h4,6-12H,1,5H2,2-3H3. The zero-order valence-corrected chi connectivity index (χ0v) is 9.13. The summed E-state index contributed by atoms with van der Waals surface area (Å²) in [5.74, 6) is 0.327. The van der Waals surface area contributed by atoms with E-state index >= 15 is 0 Å². The molecule has 0 aliphatic heterocycles. The predicted molar refractivity (Wildman–Crippen MR) is 54.3 cm³/mol. The monoisotopic (exact) mass is 214 g/mol. The van der Waals surface area contributed by atoms with Crippen LogP contribution in [0, 0.1) is 11.8 Å². The van der Waals surface area contributed by atoms with Crippen LogP contribution in [0.3, 0.4) is 0 Å². The molecule has 6 atom stereocenters. The van der Waals surface area contributed by atoms with Gasteiger partial charge in [-0.3, -0.25) is 0 Å². The Hall–Kier alpha value is -0.580. The van der Waals surface area contributed by atoms with E-state index in [0.29, 0.717) is 0 Å². The Labute approximate surface area is 89.8 Å². The second-order valence-corrected chi connectivity index (χ2v) is 4.22. The third kappa shape index (κ3) is 1.48. The van der Waals surface area contributed by atoms with Crippen molar-refractivity contribution in [2.24, 2.45) is 11.8 Å². The van der Waals surface area contributed by atoms with Gasteiger partial charge in [-0.2, -0.15) is 0 Å². The third-order valence-electron chi connectivity index (χ3n) is 3.71. The SMILES string of the molecule is C=COC1C2CC(C(OC)C2O)C1OC. The topological polar surface area (TPSA) is 47.9 Å². The number of ether oxygens (including phenoxy) is 3. The maximum absolute atomic E-state index is 9.99. The summed E-state index contributed by atoms with van der Waals surface area (Å²) < 4.78 is 16.2. The second-order valence-electron chi connectivity index (χ2n) is 4.22. The summed E-state index contributed by atoms with van der Waals surface area (Å²) in [5, 5.41) is 9.99. The van der Waals surface area contributed by atoms with Crippen molar-refractivity contribution in [2.45, 2.75) is 30.8 Å². The molecule has 2 aliphatic carbocycles. The minimum absolute atomic E-state index is 0.00125. The molecule has 0 aromatic rings. The lowest BCUT2D eigenvalue weighted by molar-refractivity contribution is -0.139. The van der Waals surface area contributed by atoms with E-state index in [4.69, 9.17) is 14.2 Å². The van der Waals surface area contributed by atoms with Crippen LogP contribution in [-0.2, 0) is 14.2 Å². The molecule has 0 spiro atoms. The van der Waals surface area contributed by atoms with Crippen LogP contribution < -0.4 is 0 Å². The average molecular weight is 214 g/mol. The van der Waals surface area contributed by atoms with Crippen LogP contribution >= 0.6 is 0 Å². The fraction of sp³-hybridized carbons (Fsp3) is 0.818. The highest BCUT2D eigenvalue weighted by atomic mass is 16.5. The van der Waals surface area contributed by atoms with Crippen LogP contribution in [0.5, 0.6) is 0 Å². The Kier molecular flexibility index (Phi) is 3.00. The maximum Gasteiger partial charge on any atom is 0.130 e. The van der Waals surface area contributed by atoms with Crippen LogP contribution in [0.15, 0.2) is 12.8 Å². The highest BCUT2D eigenvalue weighted by Crippen LogP contribution is 2.48. The fourth-order valence-corrected chi connectivity index (χ4v) is 3.13. The Balaban J connectivity index is 2.15. The molecule has 1 N–H and O–H groups in total. The number of fused-ring (bicyclic) bond motifs is 2. The first-order chi connectivity index (χ1) is 7.24. The quantitative estimate of drug-likeness (QED) is 0.694. The van der Waals surface area contributed by atoms with Crippen LogP contribution in [0.4, 0.5) is 0 Å². The third-order valence-corrected chi connectivity index (χ3v) is 3.71. The zero-order chi connectivity index (χ0) is 11.0. The normalized spacial score (nSPS) is 48.2. The van der Waals surface area contributed by atoms with E-state index in [0.717, 1.165) is 6.42 Å². The number of aliphatic hydroxyl groups is 1. The summed E-state index contributed by atoms with van der Waals surface area (Å²) in [5.41, 5.74) is 0. The van der Waals surface area contributed by atoms with Crippen molar-refractivity contribution < 1.29 is 19.3 Å². The molecule has 4 nitrogen and oxygen atoms in total. The molecule has 2 fully saturated rings. The highest BCUT2D eigenvalue weighted by Gasteiger charge is 2.59. The first-order valence-electron chi connectivity index (χ1n) is 5.24. The predicted octanol–water partition coefficient (Wildman–Crippen LogP) is 0.556. The van der Waals surface area contributed by atoms with Crippen LogP contribution in [0.1, 0.15) is 6.42 Å². The van der Waals surface area contributed by atoms with E-state index < -0.39 is 6.10 Å². The summed E-state index contributed by atoms with van der Waals surface area (Å²) in [4.78, 5) is 0. The van der Waals surface area contributed by atoms with Crippen molar-refractivity contribution in [3.63, 3.8) is 0 Å². The van der Waals surface area contributed by atoms with Gasteiger partial charge in [0, 0.05) is 26.1 Å². The van der Waals surface area contributed by atoms with Gasteiger partial charge >= 0.3 is 0 Å². The molecule has 4 heteroatoms. The fourth-order valence-electron chi connectivity index (χ4n) is 3.13. The first-order valence-corrected chi connectivity index (χ1v) is 5.24. The molecule has 0 heterocycles. The van der Waals surface area contributed by atoms with Gasteiger partial charge in [-0.05, 0) is 6.42 Å². The molecule has 2 bridgehead atoms. The Morgan fingerprint density at radius 3 is 2.33 bits per heavy atom. The average Bonchev–Trinajstić information content (AvgIpc) is 2.73. The molecule has 86 valence electrons. The van der Waals surface area contributed by atoms with Gasteiger partial charge in [0.25, 0.3) is 0 Å². The van der Waals surface area contributed by atoms with Crippen molar-refractivity contribution in [1.82, 2.24) is 0 Å². The van der Waals surface area contributed by atoms with Crippen LogP contribution in [0.25, 0.3) is 0 Å². The van der Waals surface area contributed by atoms with E-state index in [2.05, 4.69) is 6.58 Å². The Bertz CT molecular complexity index is 241. The molecule has 0 aromatic carbocycles. The van der Waals surface area contributed by atoms with Crippen LogP contribution in [0.2, 0.25) is 0 Å². The Morgan fingerprint density at radius 2 is 1.80 bits per heavy atom. The van der Waals surface area contributed by atoms with E-state index in [1.165, 1.54) is 6.26 Å². The number of methoxy groups -OCH3 is 2. The van der Waals surface area contributed by atoms with Gasteiger partial charge in [-0.15, -0.1) is 0 Å². The molecule has 2 aliphatic rings. The minimum atomic E-state index is -0.448.